The van der Waals surface area contributed by atoms with Crippen molar-refractivity contribution < 1.29 is 9.90 Å². The Labute approximate surface area is 95.9 Å². The Bertz CT molecular complexity index is 313. The molecule has 1 rings (SSSR count). The lowest BCUT2D eigenvalue weighted by Gasteiger charge is -2.08. The van der Waals surface area contributed by atoms with Crippen molar-refractivity contribution in [2.45, 2.75) is 25.7 Å². The van der Waals surface area contributed by atoms with Gasteiger partial charge >= 0.3 is 5.97 Å². The summed E-state index contributed by atoms with van der Waals surface area (Å²) in [4.78, 5) is 18.9. The Hall–Kier alpha value is -0.720. The van der Waals surface area contributed by atoms with Crippen LogP contribution >= 0.6 is 22.6 Å². The number of carbonyl (C=O) groups is 1. The summed E-state index contributed by atoms with van der Waals surface area (Å²) in [6.45, 7) is 1.95. The average molecular weight is 306 g/mol. The Morgan fingerprint density at radius 3 is 2.57 bits per heavy atom. The summed E-state index contributed by atoms with van der Waals surface area (Å²) in [7, 11) is 0. The summed E-state index contributed by atoms with van der Waals surface area (Å²) in [6.07, 6.45) is 4.66. The summed E-state index contributed by atoms with van der Waals surface area (Å²) in [5, 5.41) is 8.95. The Balaban J connectivity index is 2.87. The number of nitrogens with zero attached hydrogens (tertiary/aromatic N) is 2. The van der Waals surface area contributed by atoms with E-state index in [0.717, 1.165) is 9.99 Å². The van der Waals surface area contributed by atoms with E-state index >= 15 is 0 Å². The minimum absolute atomic E-state index is 0.403. The largest absolute Gasteiger partial charge is 0.481 e. The van der Waals surface area contributed by atoms with Gasteiger partial charge in [-0.1, -0.05) is 13.3 Å². The van der Waals surface area contributed by atoms with Crippen LogP contribution < -0.4 is 0 Å². The molecule has 1 aromatic heterocycles. The van der Waals surface area contributed by atoms with Crippen molar-refractivity contribution in [1.29, 1.82) is 0 Å². The molecule has 0 bridgehead atoms. The quantitative estimate of drug-likeness (QED) is 0.865. The number of halogens is 1. The zero-order valence-corrected chi connectivity index (χ0v) is 9.93. The number of rotatable bonds is 4. The van der Waals surface area contributed by atoms with E-state index in [1.165, 1.54) is 0 Å². The summed E-state index contributed by atoms with van der Waals surface area (Å²) >= 11 is 2.09. The van der Waals surface area contributed by atoms with Crippen molar-refractivity contribution in [1.82, 2.24) is 9.97 Å². The van der Waals surface area contributed by atoms with Gasteiger partial charge in [-0.15, -0.1) is 0 Å². The first-order valence-corrected chi connectivity index (χ1v) is 5.43. The lowest BCUT2D eigenvalue weighted by molar-refractivity contribution is -0.139. The molecule has 76 valence electrons. The smallest absolute Gasteiger partial charge is 0.314 e. The number of carboxylic acid groups (broad SMARTS) is 1. The van der Waals surface area contributed by atoms with E-state index in [2.05, 4.69) is 32.6 Å². The maximum absolute atomic E-state index is 10.9. The van der Waals surface area contributed by atoms with Crippen LogP contribution in [0.1, 0.15) is 31.5 Å². The number of aliphatic carboxylic acids is 1. The lowest BCUT2D eigenvalue weighted by atomic mass is 10.0. The van der Waals surface area contributed by atoms with Gasteiger partial charge < -0.3 is 5.11 Å². The van der Waals surface area contributed by atoms with Crippen molar-refractivity contribution >= 4 is 28.6 Å². The first-order valence-electron chi connectivity index (χ1n) is 4.35. The first kappa shape index (κ1) is 11.4. The van der Waals surface area contributed by atoms with Gasteiger partial charge in [0, 0.05) is 16.0 Å². The minimum atomic E-state index is -0.854. The third-order valence-electron chi connectivity index (χ3n) is 1.83. The topological polar surface area (TPSA) is 63.1 Å². The predicted octanol–water partition coefficient (Wildman–Crippen LogP) is 2.05. The molecule has 1 unspecified atom stereocenters. The molecule has 0 amide bonds. The van der Waals surface area contributed by atoms with Crippen LogP contribution in [0.5, 0.6) is 0 Å². The second-order valence-electron chi connectivity index (χ2n) is 2.94. The van der Waals surface area contributed by atoms with Crippen LogP contribution in [0.3, 0.4) is 0 Å². The van der Waals surface area contributed by atoms with Gasteiger partial charge in [-0.05, 0) is 29.0 Å². The van der Waals surface area contributed by atoms with Crippen LogP contribution in [0.15, 0.2) is 12.4 Å². The van der Waals surface area contributed by atoms with E-state index in [0.29, 0.717) is 12.2 Å². The van der Waals surface area contributed by atoms with Crippen molar-refractivity contribution in [3.05, 3.63) is 21.8 Å². The zero-order chi connectivity index (χ0) is 10.6. The Morgan fingerprint density at radius 1 is 1.57 bits per heavy atom. The molecular formula is C9H11IN2O2. The molecule has 0 aliphatic rings. The van der Waals surface area contributed by atoms with Crippen molar-refractivity contribution in [3.8, 4) is 0 Å². The van der Waals surface area contributed by atoms with E-state index in [1.54, 1.807) is 12.4 Å². The molecule has 1 N–H and O–H groups in total. The molecule has 0 saturated heterocycles. The highest BCUT2D eigenvalue weighted by Gasteiger charge is 2.21. The molecular weight excluding hydrogens is 295 g/mol. The number of hydrogen-bond acceptors (Lipinski definition) is 3. The van der Waals surface area contributed by atoms with Gasteiger partial charge in [0.05, 0.1) is 0 Å². The molecule has 0 radical (unpaired) electrons. The van der Waals surface area contributed by atoms with Crippen LogP contribution in [-0.4, -0.2) is 21.0 Å². The molecule has 1 aromatic rings. The van der Waals surface area contributed by atoms with Crippen molar-refractivity contribution in [2.75, 3.05) is 0 Å². The molecule has 0 aliphatic carbocycles. The number of aromatic nitrogens is 2. The maximum Gasteiger partial charge on any atom is 0.314 e. The van der Waals surface area contributed by atoms with E-state index < -0.39 is 11.9 Å². The fourth-order valence-corrected chi connectivity index (χ4v) is 1.43. The van der Waals surface area contributed by atoms with E-state index in [-0.39, 0.29) is 0 Å². The standard InChI is InChI=1S/C9H11IN2O2/c1-2-3-7(9(13)14)8-11-4-6(10)5-12-8/h4-5,7H,2-3H2,1H3,(H,13,14). The van der Waals surface area contributed by atoms with Gasteiger partial charge in [0.1, 0.15) is 11.7 Å². The molecule has 1 atom stereocenters. The van der Waals surface area contributed by atoms with Crippen LogP contribution in [0.2, 0.25) is 0 Å². The van der Waals surface area contributed by atoms with E-state index in [1.807, 2.05) is 6.92 Å². The third-order valence-corrected chi connectivity index (χ3v) is 2.38. The second-order valence-corrected chi connectivity index (χ2v) is 4.18. The summed E-state index contributed by atoms with van der Waals surface area (Å²) in [5.41, 5.74) is 0. The Kier molecular flexibility index (Phi) is 4.24. The fourth-order valence-electron chi connectivity index (χ4n) is 1.15. The average Bonchev–Trinajstić information content (AvgIpc) is 2.15. The number of carboxylic acids is 1. The van der Waals surface area contributed by atoms with Gasteiger partial charge in [0.2, 0.25) is 0 Å². The fraction of sp³-hybridized carbons (Fsp3) is 0.444. The SMILES string of the molecule is CCCC(C(=O)O)c1ncc(I)cn1. The highest BCUT2D eigenvalue weighted by molar-refractivity contribution is 14.1. The summed E-state index contributed by atoms with van der Waals surface area (Å²) < 4.78 is 0.909. The van der Waals surface area contributed by atoms with Crippen LogP contribution in [0.25, 0.3) is 0 Å². The molecule has 0 spiro atoms. The molecule has 0 aromatic carbocycles. The van der Waals surface area contributed by atoms with Gasteiger partial charge in [0.25, 0.3) is 0 Å². The summed E-state index contributed by atoms with van der Waals surface area (Å²) in [6, 6.07) is 0. The van der Waals surface area contributed by atoms with E-state index in [4.69, 9.17) is 5.11 Å². The van der Waals surface area contributed by atoms with Crippen LogP contribution in [0, 0.1) is 3.57 Å². The predicted molar refractivity (Wildman–Crippen MR) is 60.0 cm³/mol. The second kappa shape index (κ2) is 5.23. The first-order chi connectivity index (χ1) is 6.65. The minimum Gasteiger partial charge on any atom is -0.481 e. The molecule has 4 nitrogen and oxygen atoms in total. The van der Waals surface area contributed by atoms with Gasteiger partial charge in [0.15, 0.2) is 0 Å². The monoisotopic (exact) mass is 306 g/mol. The molecule has 1 heterocycles. The molecule has 0 saturated carbocycles. The third kappa shape index (κ3) is 2.90. The van der Waals surface area contributed by atoms with Gasteiger partial charge in [-0.3, -0.25) is 4.79 Å². The van der Waals surface area contributed by atoms with Crippen LogP contribution in [-0.2, 0) is 4.79 Å². The molecule has 0 aliphatic heterocycles. The van der Waals surface area contributed by atoms with Gasteiger partial charge in [-0.2, -0.15) is 0 Å². The highest BCUT2D eigenvalue weighted by Crippen LogP contribution is 2.17. The zero-order valence-electron chi connectivity index (χ0n) is 7.77. The Morgan fingerprint density at radius 2 is 2.14 bits per heavy atom. The molecule has 14 heavy (non-hydrogen) atoms. The maximum atomic E-state index is 10.9. The highest BCUT2D eigenvalue weighted by atomic mass is 127. The van der Waals surface area contributed by atoms with Crippen LogP contribution in [0.4, 0.5) is 0 Å². The molecule has 0 fully saturated rings. The molecule has 5 heteroatoms. The lowest BCUT2D eigenvalue weighted by Crippen LogP contribution is -2.14. The van der Waals surface area contributed by atoms with E-state index in [9.17, 15) is 4.79 Å². The number of hydrogen-bond donors (Lipinski definition) is 1. The van der Waals surface area contributed by atoms with Crippen molar-refractivity contribution in [3.63, 3.8) is 0 Å². The van der Waals surface area contributed by atoms with Gasteiger partial charge in [-0.25, -0.2) is 9.97 Å². The summed E-state index contributed by atoms with van der Waals surface area (Å²) in [5.74, 6) is -1.02. The van der Waals surface area contributed by atoms with Crippen molar-refractivity contribution in [2.24, 2.45) is 0 Å². The normalized spacial score (nSPS) is 12.4.